The molecule has 0 aliphatic carbocycles. The van der Waals surface area contributed by atoms with Crippen LogP contribution in [0.4, 0.5) is 0 Å². The minimum absolute atomic E-state index is 0.127. The number of hydrogen-bond acceptors (Lipinski definition) is 8. The first-order chi connectivity index (χ1) is 15.6. The van der Waals surface area contributed by atoms with Crippen LogP contribution in [0.25, 0.3) is 11.2 Å². The van der Waals surface area contributed by atoms with Gasteiger partial charge < -0.3 is 18.3 Å². The Morgan fingerprint density at radius 1 is 1.12 bits per heavy atom. The number of hydrogen-bond donors (Lipinski definition) is 0. The van der Waals surface area contributed by atoms with Crippen LogP contribution in [-0.2, 0) is 18.4 Å². The largest absolute Gasteiger partial charge is 0.476 e. The van der Waals surface area contributed by atoms with Crippen molar-refractivity contribution in [3.05, 3.63) is 12.7 Å². The zero-order chi connectivity index (χ0) is 25.1. The Morgan fingerprint density at radius 3 is 2.41 bits per heavy atom. The van der Waals surface area contributed by atoms with Crippen LogP contribution in [0.2, 0.25) is 35.8 Å². The van der Waals surface area contributed by atoms with Gasteiger partial charge in [-0.1, -0.05) is 61.2 Å². The number of fused-ring (bicyclic) bond motifs is 2. The molecule has 0 aromatic carbocycles. The maximum atomic E-state index is 13.6. The molecule has 3 atom stereocenters. The first kappa shape index (κ1) is 25.4. The van der Waals surface area contributed by atoms with Crippen LogP contribution in [0.15, 0.2) is 12.7 Å². The lowest BCUT2D eigenvalue weighted by molar-refractivity contribution is -0.130. The molecule has 2 aromatic rings. The van der Waals surface area contributed by atoms with Crippen molar-refractivity contribution >= 4 is 33.6 Å². The average molecular weight is 507 g/mol. The molecule has 0 spiro atoms. The maximum Gasteiger partial charge on any atom is 0.350 e. The van der Waals surface area contributed by atoms with Crippen molar-refractivity contribution in [3.63, 3.8) is 0 Å². The van der Waals surface area contributed by atoms with E-state index < -0.39 is 35.1 Å². The van der Waals surface area contributed by atoms with Crippen LogP contribution < -0.4 is 4.74 Å². The second-order valence-corrected chi connectivity index (χ2v) is 22.9. The molecule has 1 unspecified atom stereocenters. The number of ether oxygens (including phenoxy) is 2. The number of carbonyl (C=O) groups excluding carboxylic acids is 1. The van der Waals surface area contributed by atoms with E-state index in [0.717, 1.165) is 6.04 Å². The molecule has 188 valence electrons. The molecular formula is C23H38N4O5Si2. The van der Waals surface area contributed by atoms with Crippen LogP contribution in [0.5, 0.6) is 5.88 Å². The van der Waals surface area contributed by atoms with Gasteiger partial charge in [0.15, 0.2) is 17.4 Å². The van der Waals surface area contributed by atoms with Gasteiger partial charge in [0.1, 0.15) is 18.5 Å². The molecule has 0 saturated carbocycles. The van der Waals surface area contributed by atoms with Crippen LogP contribution >= 0.6 is 0 Å². The van der Waals surface area contributed by atoms with Crippen LogP contribution in [-0.4, -0.2) is 67.4 Å². The summed E-state index contributed by atoms with van der Waals surface area (Å²) in [6, 6.07) is 1.01. The van der Waals surface area contributed by atoms with Gasteiger partial charge in [-0.05, 0) is 6.04 Å². The monoisotopic (exact) mass is 506 g/mol. The Morgan fingerprint density at radius 2 is 1.79 bits per heavy atom. The van der Waals surface area contributed by atoms with E-state index in [1.54, 1.807) is 10.9 Å². The summed E-state index contributed by atoms with van der Waals surface area (Å²) in [7, 11) is -4.03. The van der Waals surface area contributed by atoms with Gasteiger partial charge in [-0.2, -0.15) is 4.98 Å². The zero-order valence-electron chi connectivity index (χ0n) is 21.8. The third-order valence-corrected chi connectivity index (χ3v) is 13.4. The highest BCUT2D eigenvalue weighted by Crippen LogP contribution is 2.55. The summed E-state index contributed by atoms with van der Waals surface area (Å²) < 4.78 is 26.9. The highest BCUT2D eigenvalue weighted by Gasteiger charge is 2.65. The van der Waals surface area contributed by atoms with E-state index >= 15 is 0 Å². The third kappa shape index (κ3) is 4.36. The van der Waals surface area contributed by atoms with Crippen molar-refractivity contribution in [2.45, 2.75) is 95.7 Å². The van der Waals surface area contributed by atoms with Gasteiger partial charge in [-0.3, -0.25) is 9.36 Å². The molecular weight excluding hydrogens is 468 g/mol. The van der Waals surface area contributed by atoms with E-state index in [4.69, 9.17) is 18.3 Å². The lowest BCUT2D eigenvalue weighted by Crippen LogP contribution is -2.64. The van der Waals surface area contributed by atoms with Gasteiger partial charge in [0.05, 0.1) is 19.5 Å². The van der Waals surface area contributed by atoms with Crippen LogP contribution in [0.1, 0.15) is 47.8 Å². The van der Waals surface area contributed by atoms with Gasteiger partial charge in [0.25, 0.3) is 0 Å². The lowest BCUT2D eigenvalue weighted by atomic mass is 10.1. The van der Waals surface area contributed by atoms with Gasteiger partial charge in [-0.15, -0.1) is 0 Å². The number of nitrogens with zero attached hydrogens (tertiary/aromatic N) is 4. The Kier molecular flexibility index (Phi) is 6.34. The van der Waals surface area contributed by atoms with E-state index in [0.29, 0.717) is 30.3 Å². The molecule has 2 aromatic heterocycles. The first-order valence-electron chi connectivity index (χ1n) is 12.0. The van der Waals surface area contributed by atoms with E-state index in [2.05, 4.69) is 76.1 Å². The summed E-state index contributed by atoms with van der Waals surface area (Å²) in [5.74, 6) is 0.300. The summed E-state index contributed by atoms with van der Waals surface area (Å²) in [4.78, 5) is 26.7. The minimum atomic E-state index is -2.79. The molecule has 4 heterocycles. The number of ketones is 1. The lowest BCUT2D eigenvalue weighted by Gasteiger charge is -2.52. The quantitative estimate of drug-likeness (QED) is 0.548. The average Bonchev–Trinajstić information content (AvgIpc) is 3.26. The number of Topliss-reactive ketones (excluding diaryl/α,β-unsaturated/α-hetero) is 1. The van der Waals surface area contributed by atoms with Crippen LogP contribution in [0.3, 0.4) is 0 Å². The Balaban J connectivity index is 1.60. The summed E-state index contributed by atoms with van der Waals surface area (Å²) in [6.07, 6.45) is 1.00. The molecule has 0 bridgehead atoms. The summed E-state index contributed by atoms with van der Waals surface area (Å²) in [6.45, 7) is 20.6. The van der Waals surface area contributed by atoms with Crippen molar-refractivity contribution in [2.24, 2.45) is 0 Å². The molecule has 9 nitrogen and oxygen atoms in total. The Labute approximate surface area is 203 Å². The van der Waals surface area contributed by atoms with E-state index in [-0.39, 0.29) is 15.9 Å². The smallest absolute Gasteiger partial charge is 0.350 e. The maximum absolute atomic E-state index is 13.6. The predicted molar refractivity (Wildman–Crippen MR) is 134 cm³/mol. The van der Waals surface area contributed by atoms with Crippen molar-refractivity contribution < 1.29 is 23.1 Å². The van der Waals surface area contributed by atoms with E-state index in [1.165, 1.54) is 6.33 Å². The fourth-order valence-corrected chi connectivity index (χ4v) is 10.6. The van der Waals surface area contributed by atoms with Crippen LogP contribution in [0, 0.1) is 0 Å². The summed E-state index contributed by atoms with van der Waals surface area (Å²) in [5.41, 5.74) is 1.03. The van der Waals surface area contributed by atoms with Crippen molar-refractivity contribution in [3.8, 4) is 5.88 Å². The van der Waals surface area contributed by atoms with Gasteiger partial charge in [0.2, 0.25) is 11.7 Å². The summed E-state index contributed by atoms with van der Waals surface area (Å²) >= 11 is 0. The third-order valence-electron chi connectivity index (χ3n) is 6.55. The number of carbonyl (C=O) groups is 1. The zero-order valence-corrected chi connectivity index (χ0v) is 23.8. The Hall–Kier alpha value is -1.67. The molecule has 2 aliphatic rings. The van der Waals surface area contributed by atoms with Crippen molar-refractivity contribution in [1.82, 2.24) is 19.5 Å². The second kappa shape index (κ2) is 8.47. The molecule has 0 N–H and O–H groups in total. The minimum Gasteiger partial charge on any atom is -0.476 e. The van der Waals surface area contributed by atoms with Gasteiger partial charge in [-0.25, -0.2) is 9.97 Å². The standard InChI is InChI=1S/C23H38N4O5Si2/c1-22(2,3)34(23(4,5)6)30-12-15-18(32-34)17(28)21(31-15)27-14-26-16-19(27)24-13-25-20(16)29-10-11-33(7,8)9/h13-15,18,21H,10-12H2,1-9H3/t15-,18-,21?/m1/s1. The summed E-state index contributed by atoms with van der Waals surface area (Å²) in [5, 5.41) is -0.433. The van der Waals surface area contributed by atoms with E-state index in [1.807, 2.05) is 0 Å². The topological polar surface area (TPSA) is 97.6 Å². The molecule has 2 saturated heterocycles. The van der Waals surface area contributed by atoms with Crippen molar-refractivity contribution in [1.29, 1.82) is 0 Å². The molecule has 11 heteroatoms. The number of rotatable bonds is 5. The van der Waals surface area contributed by atoms with Crippen molar-refractivity contribution in [2.75, 3.05) is 13.2 Å². The Bertz CT molecular complexity index is 1060. The first-order valence-corrected chi connectivity index (χ1v) is 17.5. The molecule has 4 rings (SSSR count). The van der Waals surface area contributed by atoms with Gasteiger partial charge >= 0.3 is 8.56 Å². The molecule has 0 amide bonds. The fourth-order valence-electron chi connectivity index (χ4n) is 4.98. The molecule has 2 aliphatic heterocycles. The highest BCUT2D eigenvalue weighted by atomic mass is 28.4. The number of imidazole rings is 1. The highest BCUT2D eigenvalue weighted by molar-refractivity contribution is 6.76. The molecule has 0 radical (unpaired) electrons. The van der Waals surface area contributed by atoms with Gasteiger partial charge in [0, 0.05) is 18.2 Å². The fraction of sp³-hybridized carbons (Fsp3) is 0.739. The van der Waals surface area contributed by atoms with E-state index in [9.17, 15) is 4.79 Å². The molecule has 2 fully saturated rings. The SMILES string of the molecule is CC(C)(C)[Si]1(C(C)(C)C)OC[C@H]2OC(n3cnc4c(OCC[Si](C)(C)C)ncnc43)C(=O)[C@@H]2O1. The normalized spacial score (nSPS) is 25.6. The predicted octanol–water partition coefficient (Wildman–Crippen LogP) is 4.47. The molecule has 34 heavy (non-hydrogen) atoms. The second-order valence-electron chi connectivity index (χ2n) is 12.6. The number of aromatic nitrogens is 4.